The van der Waals surface area contributed by atoms with Crippen molar-refractivity contribution in [2.75, 3.05) is 23.9 Å². The Morgan fingerprint density at radius 2 is 1.88 bits per heavy atom. The summed E-state index contributed by atoms with van der Waals surface area (Å²) in [6.07, 6.45) is 0.210. The standard InChI is InChI=1S/C24H20ClF4N7O3S/c1-13-7-20(24(27,28)29)35-36(13)21-17(12-32-23(34-21)33-16-3-4-19(26)18(25)9-16)14-8-15(11-30-10-14)22(37)31-5-6-40(2,38)39/h3-4,7-12H,5-6H2,1-2H3,(H,31,37)(H,32,33,34). The van der Waals surface area contributed by atoms with E-state index in [0.717, 1.165) is 23.1 Å². The first-order valence-electron chi connectivity index (χ1n) is 11.4. The van der Waals surface area contributed by atoms with E-state index in [-0.39, 0.29) is 51.5 Å². The lowest BCUT2D eigenvalue weighted by Crippen LogP contribution is -2.28. The number of amides is 1. The molecule has 210 valence electrons. The number of halogens is 5. The molecule has 10 nitrogen and oxygen atoms in total. The van der Waals surface area contributed by atoms with Crippen LogP contribution in [0.4, 0.5) is 29.2 Å². The van der Waals surface area contributed by atoms with Crippen LogP contribution in [0.15, 0.2) is 48.9 Å². The number of pyridine rings is 1. The summed E-state index contributed by atoms with van der Waals surface area (Å²) in [5.41, 5.74) is -0.218. The number of hydrogen-bond acceptors (Lipinski definition) is 8. The molecule has 0 atom stereocenters. The van der Waals surface area contributed by atoms with Crippen LogP contribution in [-0.2, 0) is 16.0 Å². The fourth-order valence-corrected chi connectivity index (χ4v) is 4.15. The zero-order valence-electron chi connectivity index (χ0n) is 20.8. The summed E-state index contributed by atoms with van der Waals surface area (Å²) >= 11 is 5.83. The van der Waals surface area contributed by atoms with Gasteiger partial charge in [-0.15, -0.1) is 0 Å². The van der Waals surface area contributed by atoms with Crippen LogP contribution in [0.3, 0.4) is 0 Å². The number of nitrogens with one attached hydrogen (secondary N) is 2. The van der Waals surface area contributed by atoms with E-state index in [1.165, 1.54) is 43.7 Å². The van der Waals surface area contributed by atoms with Crippen LogP contribution >= 0.6 is 11.6 Å². The van der Waals surface area contributed by atoms with Gasteiger partial charge in [0.25, 0.3) is 5.91 Å². The van der Waals surface area contributed by atoms with Crippen molar-refractivity contribution in [3.05, 3.63) is 76.7 Å². The number of benzene rings is 1. The Morgan fingerprint density at radius 1 is 1.12 bits per heavy atom. The minimum atomic E-state index is -4.72. The molecule has 0 radical (unpaired) electrons. The smallest absolute Gasteiger partial charge is 0.351 e. The lowest BCUT2D eigenvalue weighted by Gasteiger charge is -2.14. The summed E-state index contributed by atoms with van der Waals surface area (Å²) in [7, 11) is -3.30. The van der Waals surface area contributed by atoms with Crippen molar-refractivity contribution < 1.29 is 30.8 Å². The maximum Gasteiger partial charge on any atom is 0.435 e. The van der Waals surface area contributed by atoms with Crippen LogP contribution in [0.1, 0.15) is 21.7 Å². The Kier molecular flexibility index (Phi) is 8.07. The number of alkyl halides is 3. The number of rotatable bonds is 8. The molecule has 16 heteroatoms. The van der Waals surface area contributed by atoms with Gasteiger partial charge in [-0.2, -0.15) is 23.3 Å². The van der Waals surface area contributed by atoms with Crippen LogP contribution < -0.4 is 10.6 Å². The molecule has 4 aromatic rings. The number of nitrogens with zero attached hydrogens (tertiary/aromatic N) is 5. The van der Waals surface area contributed by atoms with Crippen LogP contribution in [-0.4, -0.2) is 57.6 Å². The van der Waals surface area contributed by atoms with Gasteiger partial charge >= 0.3 is 6.18 Å². The van der Waals surface area contributed by atoms with Crippen LogP contribution in [0.2, 0.25) is 5.02 Å². The number of hydrogen-bond donors (Lipinski definition) is 2. The molecule has 0 saturated heterocycles. The summed E-state index contributed by atoms with van der Waals surface area (Å²) in [5.74, 6) is -1.66. The van der Waals surface area contributed by atoms with Gasteiger partial charge in [-0.25, -0.2) is 22.5 Å². The topological polar surface area (TPSA) is 132 Å². The number of anilines is 2. The van der Waals surface area contributed by atoms with Crippen LogP contribution in [0, 0.1) is 12.7 Å². The minimum absolute atomic E-state index is 0.0625. The van der Waals surface area contributed by atoms with Gasteiger partial charge in [0.15, 0.2) is 11.5 Å². The van der Waals surface area contributed by atoms with E-state index in [4.69, 9.17) is 11.6 Å². The van der Waals surface area contributed by atoms with Crippen molar-refractivity contribution in [3.63, 3.8) is 0 Å². The van der Waals surface area contributed by atoms with E-state index in [9.17, 15) is 30.8 Å². The highest BCUT2D eigenvalue weighted by Crippen LogP contribution is 2.32. The predicted octanol–water partition coefficient (Wildman–Crippen LogP) is 4.36. The summed E-state index contributed by atoms with van der Waals surface area (Å²) in [4.78, 5) is 25.2. The summed E-state index contributed by atoms with van der Waals surface area (Å²) < 4.78 is 77.5. The third-order valence-corrected chi connectivity index (χ3v) is 6.63. The first kappa shape index (κ1) is 28.9. The number of carbonyl (C=O) groups is 1. The van der Waals surface area contributed by atoms with Gasteiger partial charge in [-0.1, -0.05) is 11.6 Å². The van der Waals surface area contributed by atoms with Gasteiger partial charge in [-0.05, 0) is 37.3 Å². The zero-order valence-corrected chi connectivity index (χ0v) is 22.4. The lowest BCUT2D eigenvalue weighted by molar-refractivity contribution is -0.141. The SMILES string of the molecule is Cc1cc(C(F)(F)F)nn1-c1nc(Nc2ccc(F)c(Cl)c2)ncc1-c1cncc(C(=O)NCCS(C)(=O)=O)c1. The lowest BCUT2D eigenvalue weighted by atomic mass is 10.1. The largest absolute Gasteiger partial charge is 0.435 e. The molecule has 1 aromatic carbocycles. The first-order valence-corrected chi connectivity index (χ1v) is 13.8. The second kappa shape index (κ2) is 11.2. The van der Waals surface area contributed by atoms with Crippen molar-refractivity contribution in [1.29, 1.82) is 0 Å². The van der Waals surface area contributed by atoms with Gasteiger partial charge in [0.2, 0.25) is 5.95 Å². The molecule has 0 spiro atoms. The number of carbonyl (C=O) groups excluding carboxylic acids is 1. The number of aryl methyl sites for hydroxylation is 1. The first-order chi connectivity index (χ1) is 18.7. The van der Waals surface area contributed by atoms with Crippen molar-refractivity contribution in [1.82, 2.24) is 30.0 Å². The molecule has 40 heavy (non-hydrogen) atoms. The quantitative estimate of drug-likeness (QED) is 0.286. The Labute approximate surface area is 230 Å². The molecule has 1 amide bonds. The zero-order chi connectivity index (χ0) is 29.2. The molecule has 0 unspecified atom stereocenters. The number of aromatic nitrogens is 5. The molecule has 3 heterocycles. The average Bonchev–Trinajstić information content (AvgIpc) is 3.27. The van der Waals surface area contributed by atoms with Gasteiger partial charge < -0.3 is 10.6 Å². The minimum Gasteiger partial charge on any atom is -0.351 e. The fourth-order valence-electron chi connectivity index (χ4n) is 3.49. The molecule has 0 aliphatic carbocycles. The highest BCUT2D eigenvalue weighted by Gasteiger charge is 2.35. The van der Waals surface area contributed by atoms with E-state index < -0.39 is 33.4 Å². The molecule has 0 aliphatic rings. The summed E-state index contributed by atoms with van der Waals surface area (Å²) in [6.45, 7) is 1.28. The highest BCUT2D eigenvalue weighted by molar-refractivity contribution is 7.90. The molecular formula is C24H20ClF4N7O3S. The van der Waals surface area contributed by atoms with Gasteiger partial charge in [0, 0.05) is 53.9 Å². The molecular weight excluding hydrogens is 578 g/mol. The van der Waals surface area contributed by atoms with E-state index in [2.05, 4.69) is 30.7 Å². The Bertz CT molecular complexity index is 1690. The molecule has 3 aromatic heterocycles. The van der Waals surface area contributed by atoms with Crippen molar-refractivity contribution in [2.24, 2.45) is 0 Å². The summed E-state index contributed by atoms with van der Waals surface area (Å²) in [6, 6.07) is 6.02. The van der Waals surface area contributed by atoms with Gasteiger partial charge in [0.1, 0.15) is 15.7 Å². The summed E-state index contributed by atoms with van der Waals surface area (Å²) in [5, 5.41) is 8.80. The van der Waals surface area contributed by atoms with Crippen molar-refractivity contribution >= 4 is 39.0 Å². The highest BCUT2D eigenvalue weighted by atomic mass is 35.5. The van der Waals surface area contributed by atoms with E-state index >= 15 is 0 Å². The van der Waals surface area contributed by atoms with E-state index in [1.807, 2.05) is 0 Å². The Hall–Kier alpha value is -4.11. The maximum atomic E-state index is 13.6. The average molecular weight is 598 g/mol. The second-order valence-corrected chi connectivity index (χ2v) is 11.3. The normalized spacial score (nSPS) is 11.9. The van der Waals surface area contributed by atoms with Crippen LogP contribution in [0.5, 0.6) is 0 Å². The molecule has 4 rings (SSSR count). The predicted molar refractivity (Wildman–Crippen MR) is 139 cm³/mol. The molecule has 2 N–H and O–H groups in total. The molecule has 0 aliphatic heterocycles. The number of sulfone groups is 1. The van der Waals surface area contributed by atoms with Crippen molar-refractivity contribution in [2.45, 2.75) is 13.1 Å². The Balaban J connectivity index is 1.76. The monoisotopic (exact) mass is 597 g/mol. The van der Waals surface area contributed by atoms with Gasteiger partial charge in [0.05, 0.1) is 16.3 Å². The second-order valence-electron chi connectivity index (χ2n) is 8.61. The molecule has 0 saturated carbocycles. The van der Waals surface area contributed by atoms with E-state index in [1.54, 1.807) is 0 Å². The molecule has 0 fully saturated rings. The maximum absolute atomic E-state index is 13.6. The Morgan fingerprint density at radius 3 is 2.52 bits per heavy atom. The molecule has 0 bridgehead atoms. The van der Waals surface area contributed by atoms with Crippen LogP contribution in [0.25, 0.3) is 16.9 Å². The van der Waals surface area contributed by atoms with E-state index in [0.29, 0.717) is 5.69 Å². The third-order valence-electron chi connectivity index (χ3n) is 5.39. The van der Waals surface area contributed by atoms with Crippen molar-refractivity contribution in [3.8, 4) is 16.9 Å². The third kappa shape index (κ3) is 6.90. The fraction of sp³-hybridized carbons (Fsp3) is 0.208. The van der Waals surface area contributed by atoms with Gasteiger partial charge in [-0.3, -0.25) is 9.78 Å².